The number of carbonyl (C=O) groups excluding carboxylic acids is 3. The maximum absolute atomic E-state index is 13.2. The van der Waals surface area contributed by atoms with Crippen molar-refractivity contribution in [1.29, 1.82) is 5.26 Å². The summed E-state index contributed by atoms with van der Waals surface area (Å²) in [6, 6.07) is 8.85. The molecule has 38 heavy (non-hydrogen) atoms. The highest BCUT2D eigenvalue weighted by Crippen LogP contribution is 2.34. The van der Waals surface area contributed by atoms with Crippen molar-refractivity contribution in [2.24, 2.45) is 5.92 Å². The summed E-state index contributed by atoms with van der Waals surface area (Å²) in [6.45, 7) is 10.0. The second-order valence-corrected chi connectivity index (χ2v) is 11.7. The Morgan fingerprint density at radius 3 is 2.55 bits per heavy atom. The van der Waals surface area contributed by atoms with Gasteiger partial charge < -0.3 is 20.3 Å². The van der Waals surface area contributed by atoms with Gasteiger partial charge in [0.1, 0.15) is 17.2 Å². The van der Waals surface area contributed by atoms with Crippen molar-refractivity contribution in [3.8, 4) is 6.07 Å². The molecule has 202 valence electrons. The van der Waals surface area contributed by atoms with Crippen molar-refractivity contribution >= 4 is 34.5 Å². The van der Waals surface area contributed by atoms with Crippen LogP contribution in [-0.2, 0) is 9.53 Å². The molecule has 1 fully saturated rings. The minimum Gasteiger partial charge on any atom is -0.443 e. The zero-order valence-electron chi connectivity index (χ0n) is 22.8. The van der Waals surface area contributed by atoms with Crippen LogP contribution in [-0.4, -0.2) is 51.2 Å². The van der Waals surface area contributed by atoms with Gasteiger partial charge in [-0.15, -0.1) is 0 Å². The lowest BCUT2D eigenvalue weighted by Crippen LogP contribution is -2.53. The van der Waals surface area contributed by atoms with Gasteiger partial charge in [0.25, 0.3) is 0 Å². The zero-order valence-corrected chi connectivity index (χ0v) is 22.8. The zero-order chi connectivity index (χ0) is 27.7. The van der Waals surface area contributed by atoms with Gasteiger partial charge in [0, 0.05) is 24.3 Å². The van der Waals surface area contributed by atoms with Gasteiger partial charge in [-0.05, 0) is 88.1 Å². The van der Waals surface area contributed by atoms with Crippen LogP contribution in [0.5, 0.6) is 0 Å². The van der Waals surface area contributed by atoms with Gasteiger partial charge >= 0.3 is 12.1 Å². The highest BCUT2D eigenvalue weighted by Gasteiger charge is 2.45. The summed E-state index contributed by atoms with van der Waals surface area (Å²) in [5.41, 5.74) is 1.36. The number of urea groups is 1. The molecule has 2 aliphatic rings. The van der Waals surface area contributed by atoms with E-state index in [0.29, 0.717) is 25.8 Å². The van der Waals surface area contributed by atoms with Gasteiger partial charge in [-0.25, -0.2) is 9.59 Å². The average molecular weight is 520 g/mol. The Hall–Kier alpha value is -3.80. The lowest BCUT2D eigenvalue weighted by atomic mass is 9.98. The summed E-state index contributed by atoms with van der Waals surface area (Å²) in [6.07, 6.45) is 6.47. The van der Waals surface area contributed by atoms with Crippen molar-refractivity contribution in [2.45, 2.75) is 83.9 Å². The molecule has 0 spiro atoms. The predicted molar refractivity (Wildman–Crippen MR) is 145 cm³/mol. The summed E-state index contributed by atoms with van der Waals surface area (Å²) in [5, 5.41) is 16.0. The predicted octanol–water partition coefficient (Wildman–Crippen LogP) is 5.16. The number of nitrogens with one attached hydrogen (secondary N) is 2. The van der Waals surface area contributed by atoms with E-state index in [1.165, 1.54) is 4.57 Å². The lowest BCUT2D eigenvalue weighted by molar-refractivity contribution is -0.123. The number of fused-ring (bicyclic) bond motifs is 1. The Bertz CT molecular complexity index is 1310. The molecule has 1 aromatic carbocycles. The summed E-state index contributed by atoms with van der Waals surface area (Å²) in [5.74, 6) is -0.122. The maximum Gasteiger partial charge on any atom is 0.418 e. The fraction of sp³-hybridized carbons (Fsp3) is 0.517. The number of allylic oxidation sites excluding steroid dienone is 1. The first-order valence-electron chi connectivity index (χ1n) is 13.3. The average Bonchev–Trinajstić information content (AvgIpc) is 3.49. The van der Waals surface area contributed by atoms with Crippen LogP contribution in [0.1, 0.15) is 72.3 Å². The number of rotatable bonds is 6. The van der Waals surface area contributed by atoms with Crippen LogP contribution in [0.2, 0.25) is 0 Å². The van der Waals surface area contributed by atoms with Crippen LogP contribution < -0.4 is 10.6 Å². The third-order valence-electron chi connectivity index (χ3n) is 6.72. The maximum atomic E-state index is 13.2. The second-order valence-electron chi connectivity index (χ2n) is 11.7. The smallest absolute Gasteiger partial charge is 0.418 e. The van der Waals surface area contributed by atoms with Crippen molar-refractivity contribution in [3.63, 3.8) is 0 Å². The van der Waals surface area contributed by atoms with Crippen LogP contribution in [0, 0.1) is 17.2 Å². The molecule has 1 saturated carbocycles. The standard InChI is InChI=1S/C29H37N5O4/c1-19(2)15-23(25(35)32-29(18-30)11-12-29)31-26(36)33-13-6-7-22(17-33)20-8-9-24-21(16-20)10-14-34(24)27(37)38-28(3,4)5/h8-10,14,16-17,19,23H,6-7,11-13,15H2,1-5H3,(H,31,36)(H,32,35). The van der Waals surface area contributed by atoms with E-state index in [0.717, 1.165) is 34.9 Å². The highest BCUT2D eigenvalue weighted by atomic mass is 16.6. The molecule has 2 heterocycles. The highest BCUT2D eigenvalue weighted by molar-refractivity contribution is 5.92. The summed E-state index contributed by atoms with van der Waals surface area (Å²) < 4.78 is 7.00. The topological polar surface area (TPSA) is 116 Å². The van der Waals surface area contributed by atoms with Crippen molar-refractivity contribution in [3.05, 3.63) is 42.2 Å². The number of hydrogen-bond acceptors (Lipinski definition) is 5. The summed E-state index contributed by atoms with van der Waals surface area (Å²) >= 11 is 0. The molecule has 1 atom stereocenters. The molecule has 1 unspecified atom stereocenters. The third kappa shape index (κ3) is 6.36. The Labute approximate surface area is 223 Å². The van der Waals surface area contributed by atoms with Gasteiger partial charge in [-0.2, -0.15) is 5.26 Å². The van der Waals surface area contributed by atoms with Crippen LogP contribution in [0.15, 0.2) is 36.7 Å². The molecule has 1 aliphatic heterocycles. The molecule has 9 heteroatoms. The normalized spacial score (nSPS) is 17.4. The van der Waals surface area contributed by atoms with Gasteiger partial charge in [-0.3, -0.25) is 9.36 Å². The molecule has 2 aromatic rings. The number of ether oxygens (including phenoxy) is 1. The Morgan fingerprint density at radius 2 is 1.92 bits per heavy atom. The largest absolute Gasteiger partial charge is 0.443 e. The first-order valence-corrected chi connectivity index (χ1v) is 13.3. The fourth-order valence-electron chi connectivity index (χ4n) is 4.60. The van der Waals surface area contributed by atoms with E-state index in [4.69, 9.17) is 4.74 Å². The van der Waals surface area contributed by atoms with Gasteiger partial charge in [-0.1, -0.05) is 19.9 Å². The monoisotopic (exact) mass is 519 g/mol. The van der Waals surface area contributed by atoms with Gasteiger partial charge in [0.2, 0.25) is 5.91 Å². The van der Waals surface area contributed by atoms with E-state index in [-0.39, 0.29) is 17.9 Å². The number of hydrogen-bond donors (Lipinski definition) is 2. The number of amides is 3. The first kappa shape index (κ1) is 27.2. The molecule has 1 aromatic heterocycles. The SMILES string of the molecule is CC(C)CC(NC(=O)N1C=C(c2ccc3c(ccn3C(=O)OC(C)(C)C)c2)CCC1)C(=O)NC1(C#N)CC1. The van der Waals surface area contributed by atoms with E-state index >= 15 is 0 Å². The molecule has 0 radical (unpaired) electrons. The molecule has 1 aliphatic carbocycles. The number of aromatic nitrogens is 1. The third-order valence-corrected chi connectivity index (χ3v) is 6.72. The summed E-state index contributed by atoms with van der Waals surface area (Å²) in [4.78, 5) is 40.3. The first-order chi connectivity index (χ1) is 17.9. The van der Waals surface area contributed by atoms with Crippen LogP contribution in [0.4, 0.5) is 9.59 Å². The molecule has 0 saturated heterocycles. The Balaban J connectivity index is 1.49. The molecular formula is C29H37N5O4. The van der Waals surface area contributed by atoms with Crippen LogP contribution in [0.3, 0.4) is 0 Å². The van der Waals surface area contributed by atoms with E-state index in [9.17, 15) is 19.6 Å². The minimum absolute atomic E-state index is 0.190. The molecule has 2 N–H and O–H groups in total. The van der Waals surface area contributed by atoms with E-state index in [1.54, 1.807) is 11.1 Å². The van der Waals surface area contributed by atoms with Crippen molar-refractivity contribution < 1.29 is 19.1 Å². The number of carbonyl (C=O) groups is 3. The minimum atomic E-state index is -0.781. The quantitative estimate of drug-likeness (QED) is 0.547. The second kappa shape index (κ2) is 10.5. The molecular weight excluding hydrogens is 482 g/mol. The van der Waals surface area contributed by atoms with Crippen molar-refractivity contribution in [2.75, 3.05) is 6.54 Å². The fourth-order valence-corrected chi connectivity index (χ4v) is 4.60. The molecule has 0 bridgehead atoms. The van der Waals surface area contributed by atoms with Crippen LogP contribution in [0.25, 0.3) is 16.5 Å². The van der Waals surface area contributed by atoms with Gasteiger partial charge in [0.15, 0.2) is 0 Å². The molecule has 9 nitrogen and oxygen atoms in total. The molecule has 4 rings (SSSR count). The van der Waals surface area contributed by atoms with Gasteiger partial charge in [0.05, 0.1) is 11.6 Å². The number of nitriles is 1. The van der Waals surface area contributed by atoms with E-state index in [1.807, 2.05) is 65.1 Å². The van der Waals surface area contributed by atoms with Crippen LogP contribution >= 0.6 is 0 Å². The lowest BCUT2D eigenvalue weighted by Gasteiger charge is -2.28. The van der Waals surface area contributed by atoms with Crippen molar-refractivity contribution in [1.82, 2.24) is 20.1 Å². The molecule has 3 amide bonds. The van der Waals surface area contributed by atoms with E-state index < -0.39 is 23.3 Å². The Kier molecular flexibility index (Phi) is 7.54. The number of nitrogens with zero attached hydrogens (tertiary/aromatic N) is 3. The Morgan fingerprint density at radius 1 is 1.18 bits per heavy atom. The van der Waals surface area contributed by atoms with E-state index in [2.05, 4.69) is 16.7 Å². The number of benzene rings is 1. The summed E-state index contributed by atoms with van der Waals surface area (Å²) in [7, 11) is 0.